The van der Waals surface area contributed by atoms with Crippen LogP contribution >= 0.6 is 0 Å². The smallest absolute Gasteiger partial charge is 0.187 e. The highest BCUT2D eigenvalue weighted by Gasteiger charge is 2.50. The molecule has 1 heterocycles. The number of aliphatic hydroxyl groups is 1. The van der Waals surface area contributed by atoms with Crippen molar-refractivity contribution in [3.63, 3.8) is 0 Å². The monoisotopic (exact) mass is 362 g/mol. The van der Waals surface area contributed by atoms with Crippen LogP contribution in [0, 0.1) is 13.8 Å². The molecule has 0 amide bonds. The summed E-state index contributed by atoms with van der Waals surface area (Å²) in [5.74, 6) is -0.0402. The number of carbonyl (C=O) groups excluding carboxylic acids is 3. The van der Waals surface area contributed by atoms with E-state index in [0.717, 1.165) is 11.1 Å². The zero-order valence-corrected chi connectivity index (χ0v) is 15.3. The fraction of sp³-hybridized carbons (Fsp3) is 0.318. The number of benzene rings is 1. The van der Waals surface area contributed by atoms with Crippen molar-refractivity contribution in [2.24, 2.45) is 0 Å². The number of hydrogen-bond donors (Lipinski definition) is 1. The number of aliphatic hydroxyl groups excluding tert-OH is 1. The fourth-order valence-corrected chi connectivity index (χ4v) is 5.36. The normalized spacial score (nSPS) is 25.3. The Morgan fingerprint density at radius 1 is 1.04 bits per heavy atom. The van der Waals surface area contributed by atoms with Crippen molar-refractivity contribution in [1.82, 2.24) is 0 Å². The van der Waals surface area contributed by atoms with E-state index in [1.807, 2.05) is 13.8 Å². The highest BCUT2D eigenvalue weighted by Crippen LogP contribution is 2.55. The molecule has 3 aliphatic rings. The minimum absolute atomic E-state index is 0.00893. The summed E-state index contributed by atoms with van der Waals surface area (Å²) >= 11 is 0. The van der Waals surface area contributed by atoms with Crippen LogP contribution in [0.15, 0.2) is 22.8 Å². The van der Waals surface area contributed by atoms with Crippen molar-refractivity contribution in [2.75, 3.05) is 0 Å². The molecule has 0 radical (unpaired) electrons. The van der Waals surface area contributed by atoms with Crippen LogP contribution in [0.25, 0.3) is 0 Å². The van der Waals surface area contributed by atoms with E-state index in [0.29, 0.717) is 52.0 Å². The largest absolute Gasteiger partial charge is 0.465 e. The molecular weight excluding hydrogens is 344 g/mol. The van der Waals surface area contributed by atoms with E-state index in [4.69, 9.17) is 4.42 Å². The molecule has 5 heteroatoms. The SMILES string of the molecule is Cc1c2c(c(C)c3c1[C@H](O)c1occ4c1[C@@]3(C)CCC4=O)C(=O)C=CC2=O. The molecule has 5 rings (SSSR count). The van der Waals surface area contributed by atoms with Gasteiger partial charge < -0.3 is 9.52 Å². The van der Waals surface area contributed by atoms with Gasteiger partial charge in [0.2, 0.25) is 0 Å². The maximum absolute atomic E-state index is 12.6. The summed E-state index contributed by atoms with van der Waals surface area (Å²) < 4.78 is 5.64. The van der Waals surface area contributed by atoms with Crippen LogP contribution < -0.4 is 0 Å². The first-order valence-corrected chi connectivity index (χ1v) is 9.04. The van der Waals surface area contributed by atoms with E-state index in [9.17, 15) is 19.5 Å². The number of allylic oxidation sites excluding steroid dienone is 2. The number of furan rings is 1. The van der Waals surface area contributed by atoms with Gasteiger partial charge in [-0.15, -0.1) is 0 Å². The van der Waals surface area contributed by atoms with Gasteiger partial charge in [0.05, 0.1) is 5.56 Å². The molecule has 0 aliphatic heterocycles. The number of rotatable bonds is 0. The molecule has 0 saturated carbocycles. The molecule has 5 nitrogen and oxygen atoms in total. The number of ketones is 3. The van der Waals surface area contributed by atoms with Crippen molar-refractivity contribution in [3.05, 3.63) is 68.7 Å². The van der Waals surface area contributed by atoms with E-state index in [-0.39, 0.29) is 17.3 Å². The zero-order chi connectivity index (χ0) is 19.2. The Labute approximate surface area is 155 Å². The summed E-state index contributed by atoms with van der Waals surface area (Å²) in [6.45, 7) is 5.64. The first-order chi connectivity index (χ1) is 12.8. The van der Waals surface area contributed by atoms with Crippen LogP contribution in [0.3, 0.4) is 0 Å². The van der Waals surface area contributed by atoms with E-state index < -0.39 is 11.5 Å². The van der Waals surface area contributed by atoms with Crippen LogP contribution in [0.4, 0.5) is 0 Å². The molecule has 1 aromatic heterocycles. The van der Waals surface area contributed by atoms with Crippen LogP contribution in [0.5, 0.6) is 0 Å². The summed E-state index contributed by atoms with van der Waals surface area (Å²) in [5.41, 5.74) is 4.28. The van der Waals surface area contributed by atoms with Gasteiger partial charge in [0.25, 0.3) is 0 Å². The predicted octanol–water partition coefficient (Wildman–Crippen LogP) is 3.51. The van der Waals surface area contributed by atoms with Gasteiger partial charge in [-0.25, -0.2) is 0 Å². The van der Waals surface area contributed by atoms with Crippen LogP contribution in [0.2, 0.25) is 0 Å². The van der Waals surface area contributed by atoms with E-state index >= 15 is 0 Å². The van der Waals surface area contributed by atoms with Gasteiger partial charge in [-0.1, -0.05) is 6.92 Å². The summed E-state index contributed by atoms with van der Waals surface area (Å²) in [6, 6.07) is 0. The lowest BCUT2D eigenvalue weighted by molar-refractivity contribution is 0.0955. The average Bonchev–Trinajstić information content (AvgIpc) is 3.09. The van der Waals surface area contributed by atoms with E-state index in [1.165, 1.54) is 18.4 Å². The molecule has 0 fully saturated rings. The number of hydrogen-bond acceptors (Lipinski definition) is 5. The molecule has 1 N–H and O–H groups in total. The Hall–Kier alpha value is -2.79. The maximum atomic E-state index is 12.6. The van der Waals surface area contributed by atoms with Crippen molar-refractivity contribution in [3.8, 4) is 0 Å². The first-order valence-electron chi connectivity index (χ1n) is 9.04. The van der Waals surface area contributed by atoms with Crippen molar-refractivity contribution >= 4 is 17.3 Å². The van der Waals surface area contributed by atoms with Crippen molar-refractivity contribution in [1.29, 1.82) is 0 Å². The minimum Gasteiger partial charge on any atom is -0.465 e. The molecule has 0 spiro atoms. The average molecular weight is 362 g/mol. The highest BCUT2D eigenvalue weighted by atomic mass is 16.4. The summed E-state index contributed by atoms with van der Waals surface area (Å²) in [7, 11) is 0. The van der Waals surface area contributed by atoms with Gasteiger partial charge in [0.15, 0.2) is 17.3 Å². The van der Waals surface area contributed by atoms with Crippen molar-refractivity contribution < 1.29 is 23.9 Å². The van der Waals surface area contributed by atoms with Crippen LogP contribution in [-0.4, -0.2) is 22.5 Å². The summed E-state index contributed by atoms with van der Waals surface area (Å²) in [6.07, 6.45) is 3.91. The highest BCUT2D eigenvalue weighted by molar-refractivity contribution is 6.23. The summed E-state index contributed by atoms with van der Waals surface area (Å²) in [4.78, 5) is 37.5. The second-order valence-electron chi connectivity index (χ2n) is 7.90. The molecule has 1 aromatic carbocycles. The van der Waals surface area contributed by atoms with Gasteiger partial charge in [-0.05, 0) is 54.7 Å². The third kappa shape index (κ3) is 1.75. The predicted molar refractivity (Wildman–Crippen MR) is 96.5 cm³/mol. The number of Topliss-reactive ketones (excluding diaryl/α,β-unsaturated/α-hetero) is 1. The Balaban J connectivity index is 1.95. The molecular formula is C22H18O5. The Morgan fingerprint density at radius 3 is 2.33 bits per heavy atom. The fourth-order valence-electron chi connectivity index (χ4n) is 5.36. The minimum atomic E-state index is -1.07. The molecule has 27 heavy (non-hydrogen) atoms. The molecule has 0 bridgehead atoms. The molecule has 0 saturated heterocycles. The summed E-state index contributed by atoms with van der Waals surface area (Å²) in [5, 5.41) is 11.1. The zero-order valence-electron chi connectivity index (χ0n) is 15.3. The van der Waals surface area contributed by atoms with Crippen molar-refractivity contribution in [2.45, 2.75) is 45.1 Å². The second-order valence-corrected chi connectivity index (χ2v) is 7.90. The van der Waals surface area contributed by atoms with Crippen LogP contribution in [-0.2, 0) is 5.41 Å². The molecule has 3 aliphatic carbocycles. The third-order valence-corrected chi connectivity index (χ3v) is 6.52. The standard InChI is InChI=1S/C22H18O5/c1-9-15-13(24)4-5-14(25)16(15)10(2)18-17(9)20(26)21-19-11(8-27-21)12(23)6-7-22(18,19)3/h4-5,8,20,26H,6-7H2,1-3H3/t20-,22-/m0/s1. The Morgan fingerprint density at radius 2 is 1.67 bits per heavy atom. The van der Waals surface area contributed by atoms with Gasteiger partial charge in [0.1, 0.15) is 18.1 Å². The lowest BCUT2D eigenvalue weighted by atomic mass is 9.59. The first kappa shape index (κ1) is 16.4. The number of fused-ring (bicyclic) bond motifs is 3. The third-order valence-electron chi connectivity index (χ3n) is 6.52. The van der Waals surface area contributed by atoms with E-state index in [2.05, 4.69) is 0 Å². The van der Waals surface area contributed by atoms with Gasteiger partial charge in [-0.2, -0.15) is 0 Å². The van der Waals surface area contributed by atoms with Gasteiger partial charge in [-0.3, -0.25) is 14.4 Å². The Bertz CT molecular complexity index is 1130. The molecule has 136 valence electrons. The molecule has 2 aromatic rings. The second kappa shape index (κ2) is 4.93. The van der Waals surface area contributed by atoms with E-state index in [1.54, 1.807) is 6.92 Å². The van der Waals surface area contributed by atoms with Crippen LogP contribution in [0.1, 0.15) is 90.5 Å². The van der Waals surface area contributed by atoms with Gasteiger partial charge in [0, 0.05) is 28.5 Å². The topological polar surface area (TPSA) is 84.6 Å². The molecule has 2 atom stereocenters. The lowest BCUT2D eigenvalue weighted by Gasteiger charge is -2.43. The Kier molecular flexibility index (Phi) is 2.99. The maximum Gasteiger partial charge on any atom is 0.187 e. The number of carbonyl (C=O) groups is 3. The molecule has 0 unspecified atom stereocenters. The quantitative estimate of drug-likeness (QED) is 0.775. The van der Waals surface area contributed by atoms with Gasteiger partial charge >= 0.3 is 0 Å². The lowest BCUT2D eigenvalue weighted by Crippen LogP contribution is -2.38.